The third kappa shape index (κ3) is 3.13. The molecule has 0 radical (unpaired) electrons. The van der Waals surface area contributed by atoms with E-state index in [0.29, 0.717) is 23.5 Å². The van der Waals surface area contributed by atoms with Crippen LogP contribution in [0.2, 0.25) is 0 Å². The summed E-state index contributed by atoms with van der Waals surface area (Å²) in [5, 5.41) is 13.0. The van der Waals surface area contributed by atoms with E-state index in [4.69, 9.17) is 15.2 Å². The predicted molar refractivity (Wildman–Crippen MR) is 122 cm³/mol. The van der Waals surface area contributed by atoms with E-state index in [1.807, 2.05) is 47.6 Å². The molecule has 5 heterocycles. The standard InChI is InChI=1S/C23H23N9/c1-14-6-8-24-19(12-14)26-21-20-15(2)17(18-7-10-31(28-18)16-4-5-16)13-32(20)29-22(27-21)23-25-9-11-30(23)3/h6-13,16H,4-5H2,1-3H3,(H,24,26,27,29). The number of hydrogen-bond donors (Lipinski definition) is 1. The molecule has 0 atom stereocenters. The number of nitrogens with zero attached hydrogens (tertiary/aromatic N) is 8. The van der Waals surface area contributed by atoms with E-state index in [9.17, 15) is 0 Å². The highest BCUT2D eigenvalue weighted by Crippen LogP contribution is 2.36. The molecule has 0 bridgehead atoms. The van der Waals surface area contributed by atoms with Crippen molar-refractivity contribution in [3.05, 3.63) is 60.3 Å². The lowest BCUT2D eigenvalue weighted by molar-refractivity contribution is 0.644. The maximum Gasteiger partial charge on any atom is 0.218 e. The summed E-state index contributed by atoms with van der Waals surface area (Å²) in [6, 6.07) is 6.58. The van der Waals surface area contributed by atoms with Crippen LogP contribution in [0.5, 0.6) is 0 Å². The number of hydrogen-bond acceptors (Lipinski definition) is 6. The van der Waals surface area contributed by atoms with Gasteiger partial charge in [0.05, 0.1) is 11.7 Å². The van der Waals surface area contributed by atoms with Crippen LogP contribution in [0.3, 0.4) is 0 Å². The molecule has 1 N–H and O–H groups in total. The van der Waals surface area contributed by atoms with Gasteiger partial charge in [0.15, 0.2) is 11.6 Å². The van der Waals surface area contributed by atoms with Crippen molar-refractivity contribution in [2.75, 3.05) is 5.32 Å². The van der Waals surface area contributed by atoms with Crippen LogP contribution in [0.15, 0.2) is 49.2 Å². The average molecular weight is 426 g/mol. The lowest BCUT2D eigenvalue weighted by atomic mass is 10.1. The zero-order valence-corrected chi connectivity index (χ0v) is 18.2. The Kier molecular flexibility index (Phi) is 4.11. The van der Waals surface area contributed by atoms with Gasteiger partial charge in [-0.3, -0.25) is 4.68 Å². The van der Waals surface area contributed by atoms with Gasteiger partial charge < -0.3 is 9.88 Å². The van der Waals surface area contributed by atoms with Gasteiger partial charge in [0.2, 0.25) is 5.82 Å². The normalized spacial score (nSPS) is 13.7. The SMILES string of the molecule is Cc1ccnc(Nc2nc(-c3nccn3C)nn3cc(-c4ccn(C5CC5)n4)c(C)c23)c1. The van der Waals surface area contributed by atoms with Crippen molar-refractivity contribution in [2.45, 2.75) is 32.7 Å². The van der Waals surface area contributed by atoms with E-state index in [1.54, 1.807) is 12.4 Å². The first-order valence-corrected chi connectivity index (χ1v) is 10.7. The van der Waals surface area contributed by atoms with Crippen LogP contribution in [0, 0.1) is 13.8 Å². The Bertz CT molecular complexity index is 1450. The van der Waals surface area contributed by atoms with Crippen LogP contribution in [-0.4, -0.2) is 38.9 Å². The Morgan fingerprint density at radius 3 is 2.66 bits per heavy atom. The van der Waals surface area contributed by atoms with Crippen LogP contribution >= 0.6 is 0 Å². The Balaban J connectivity index is 1.53. The molecular formula is C23H23N9. The second-order valence-electron chi connectivity index (χ2n) is 8.36. The molecule has 9 nitrogen and oxygen atoms in total. The first kappa shape index (κ1) is 18.7. The van der Waals surface area contributed by atoms with Gasteiger partial charge in [-0.2, -0.15) is 5.10 Å². The molecule has 0 aliphatic heterocycles. The Morgan fingerprint density at radius 1 is 1.03 bits per heavy atom. The number of imidazole rings is 1. The number of fused-ring (bicyclic) bond motifs is 1. The van der Waals surface area contributed by atoms with Gasteiger partial charge in [-0.25, -0.2) is 19.5 Å². The number of rotatable bonds is 5. The molecule has 1 fully saturated rings. The molecule has 0 unspecified atom stereocenters. The lowest BCUT2D eigenvalue weighted by Gasteiger charge is -2.10. The molecule has 0 amide bonds. The maximum atomic E-state index is 4.85. The van der Waals surface area contributed by atoms with Gasteiger partial charge in [0.25, 0.3) is 0 Å². The Hall–Kier alpha value is -4.01. The molecule has 160 valence electrons. The minimum absolute atomic E-state index is 0.533. The van der Waals surface area contributed by atoms with Gasteiger partial charge in [0.1, 0.15) is 11.3 Å². The number of anilines is 2. The first-order valence-electron chi connectivity index (χ1n) is 10.7. The molecule has 1 aliphatic rings. The highest BCUT2D eigenvalue weighted by molar-refractivity contribution is 5.84. The molecule has 5 aromatic heterocycles. The zero-order valence-electron chi connectivity index (χ0n) is 18.2. The molecule has 6 rings (SSSR count). The van der Waals surface area contributed by atoms with Crippen molar-refractivity contribution in [1.29, 1.82) is 0 Å². The second-order valence-corrected chi connectivity index (χ2v) is 8.36. The van der Waals surface area contributed by atoms with Crippen LogP contribution in [-0.2, 0) is 7.05 Å². The highest BCUT2D eigenvalue weighted by atomic mass is 15.3. The van der Waals surface area contributed by atoms with E-state index < -0.39 is 0 Å². The highest BCUT2D eigenvalue weighted by Gasteiger charge is 2.25. The molecule has 32 heavy (non-hydrogen) atoms. The molecule has 1 saturated carbocycles. The summed E-state index contributed by atoms with van der Waals surface area (Å²) in [7, 11) is 1.93. The Labute approximate surface area is 184 Å². The maximum absolute atomic E-state index is 4.85. The zero-order chi connectivity index (χ0) is 21.8. The summed E-state index contributed by atoms with van der Waals surface area (Å²) in [5.41, 5.74) is 5.05. The smallest absolute Gasteiger partial charge is 0.218 e. The lowest BCUT2D eigenvalue weighted by Crippen LogP contribution is -2.06. The molecule has 9 heteroatoms. The van der Waals surface area contributed by atoms with Crippen molar-refractivity contribution in [3.8, 4) is 22.9 Å². The summed E-state index contributed by atoms with van der Waals surface area (Å²) in [5.74, 6) is 2.64. The van der Waals surface area contributed by atoms with E-state index in [0.717, 1.165) is 33.7 Å². The third-order valence-corrected chi connectivity index (χ3v) is 5.87. The molecule has 0 spiro atoms. The van der Waals surface area contributed by atoms with E-state index in [-0.39, 0.29) is 0 Å². The fourth-order valence-electron chi connectivity index (χ4n) is 4.00. The first-order chi connectivity index (χ1) is 15.6. The number of aryl methyl sites for hydroxylation is 3. The third-order valence-electron chi connectivity index (χ3n) is 5.87. The molecule has 0 saturated heterocycles. The van der Waals surface area contributed by atoms with Crippen molar-refractivity contribution >= 4 is 17.2 Å². The molecular weight excluding hydrogens is 402 g/mol. The van der Waals surface area contributed by atoms with Crippen LogP contribution in [0.4, 0.5) is 11.6 Å². The molecule has 1 aliphatic carbocycles. The minimum atomic E-state index is 0.533. The van der Waals surface area contributed by atoms with Gasteiger partial charge in [-0.1, -0.05) is 0 Å². The van der Waals surface area contributed by atoms with Crippen LogP contribution in [0.25, 0.3) is 28.4 Å². The van der Waals surface area contributed by atoms with E-state index >= 15 is 0 Å². The van der Waals surface area contributed by atoms with Gasteiger partial charge >= 0.3 is 0 Å². The fraction of sp³-hybridized carbons (Fsp3) is 0.261. The van der Waals surface area contributed by atoms with Crippen molar-refractivity contribution in [2.24, 2.45) is 7.05 Å². The van der Waals surface area contributed by atoms with E-state index in [2.05, 4.69) is 39.2 Å². The largest absolute Gasteiger partial charge is 0.331 e. The molecule has 5 aromatic rings. The summed E-state index contributed by atoms with van der Waals surface area (Å²) < 4.78 is 5.85. The van der Waals surface area contributed by atoms with Crippen molar-refractivity contribution < 1.29 is 0 Å². The fourth-order valence-corrected chi connectivity index (χ4v) is 4.00. The predicted octanol–water partition coefficient (Wildman–Crippen LogP) is 4.08. The monoisotopic (exact) mass is 425 g/mol. The van der Waals surface area contributed by atoms with Gasteiger partial charge in [-0.05, 0) is 56.0 Å². The average Bonchev–Trinajstić information content (AvgIpc) is 3.18. The summed E-state index contributed by atoms with van der Waals surface area (Å²) in [6.45, 7) is 4.12. The number of pyridine rings is 1. The number of aromatic nitrogens is 8. The quantitative estimate of drug-likeness (QED) is 0.456. The summed E-state index contributed by atoms with van der Waals surface area (Å²) in [4.78, 5) is 13.7. The topological polar surface area (TPSA) is 90.8 Å². The second kappa shape index (κ2) is 7.01. The Morgan fingerprint density at radius 2 is 1.91 bits per heavy atom. The van der Waals surface area contributed by atoms with Crippen molar-refractivity contribution in [1.82, 2.24) is 38.9 Å². The summed E-state index contributed by atoms with van der Waals surface area (Å²) >= 11 is 0. The van der Waals surface area contributed by atoms with Crippen molar-refractivity contribution in [3.63, 3.8) is 0 Å². The van der Waals surface area contributed by atoms with Gasteiger partial charge in [-0.15, -0.1) is 5.10 Å². The van der Waals surface area contributed by atoms with Gasteiger partial charge in [0, 0.05) is 43.6 Å². The minimum Gasteiger partial charge on any atom is -0.331 e. The molecule has 0 aromatic carbocycles. The number of nitrogens with one attached hydrogen (secondary N) is 1. The summed E-state index contributed by atoms with van der Waals surface area (Å²) in [6.07, 6.45) is 11.9. The van der Waals surface area contributed by atoms with Crippen LogP contribution in [0.1, 0.15) is 30.0 Å². The van der Waals surface area contributed by atoms with E-state index in [1.165, 1.54) is 12.8 Å². The van der Waals surface area contributed by atoms with Crippen LogP contribution < -0.4 is 5.32 Å².